The Hall–Kier alpha value is -3.70. The molecule has 1 N–H and O–H groups in total. The largest absolute Gasteiger partial charge is 0.481 e. The fourth-order valence-corrected chi connectivity index (χ4v) is 6.22. The van der Waals surface area contributed by atoms with Crippen molar-refractivity contribution in [3.8, 4) is 22.4 Å². The number of fused-ring (bicyclic) bond motifs is 1. The highest BCUT2D eigenvalue weighted by Crippen LogP contribution is 2.39. The van der Waals surface area contributed by atoms with Crippen molar-refractivity contribution in [3.63, 3.8) is 0 Å². The van der Waals surface area contributed by atoms with Crippen molar-refractivity contribution in [2.75, 3.05) is 37.1 Å². The zero-order valence-corrected chi connectivity index (χ0v) is 23.2. The van der Waals surface area contributed by atoms with E-state index in [4.69, 9.17) is 4.74 Å². The number of carboxylic acids is 1. The van der Waals surface area contributed by atoms with Crippen LogP contribution in [0.15, 0.2) is 36.5 Å². The van der Waals surface area contributed by atoms with E-state index < -0.39 is 17.0 Å². The Kier molecular flexibility index (Phi) is 8.22. The van der Waals surface area contributed by atoms with E-state index in [2.05, 4.69) is 9.97 Å². The van der Waals surface area contributed by atoms with Gasteiger partial charge in [0.15, 0.2) is 5.13 Å². The fourth-order valence-electron chi connectivity index (χ4n) is 5.44. The van der Waals surface area contributed by atoms with Gasteiger partial charge in [-0.05, 0) is 48.8 Å². The molecule has 1 aromatic carbocycles. The number of aryl methyl sites for hydroxylation is 1. The van der Waals surface area contributed by atoms with Crippen molar-refractivity contribution in [2.24, 2.45) is 11.8 Å². The van der Waals surface area contributed by atoms with E-state index in [1.807, 2.05) is 18.2 Å². The smallest absolute Gasteiger partial charge is 0.304 e. The molecule has 3 aromatic rings. The summed E-state index contributed by atoms with van der Waals surface area (Å²) in [6.07, 6.45) is 4.35. The predicted molar refractivity (Wildman–Crippen MR) is 150 cm³/mol. The van der Waals surface area contributed by atoms with Crippen LogP contribution in [0.2, 0.25) is 0 Å². The van der Waals surface area contributed by atoms with Gasteiger partial charge in [-0.15, -0.1) is 0 Å². The summed E-state index contributed by atoms with van der Waals surface area (Å²) in [5.74, 6) is -1.33. The van der Waals surface area contributed by atoms with Gasteiger partial charge in [0.1, 0.15) is 11.5 Å². The van der Waals surface area contributed by atoms with E-state index in [0.717, 1.165) is 40.9 Å². The number of aromatic nitrogens is 2. The van der Waals surface area contributed by atoms with Crippen LogP contribution in [-0.4, -0.2) is 60.2 Å². The van der Waals surface area contributed by atoms with E-state index >= 15 is 4.39 Å². The molecule has 9 nitrogen and oxygen atoms in total. The molecule has 11 heteroatoms. The van der Waals surface area contributed by atoms with Crippen LogP contribution in [0.5, 0.6) is 0 Å². The highest BCUT2D eigenvalue weighted by molar-refractivity contribution is 7.14. The lowest BCUT2D eigenvalue weighted by molar-refractivity contribution is -0.141. The molecule has 2 amide bonds. The first-order valence-electron chi connectivity index (χ1n) is 13.3. The minimum atomic E-state index is -1.05. The molecule has 0 radical (unpaired) electrons. The topological polar surface area (TPSA) is 113 Å². The summed E-state index contributed by atoms with van der Waals surface area (Å²) >= 11 is 0.755. The number of aliphatic carboxylic acids is 1. The predicted octanol–water partition coefficient (Wildman–Crippen LogP) is 4.79. The van der Waals surface area contributed by atoms with Crippen LogP contribution in [0.3, 0.4) is 0 Å². The first-order valence-corrected chi connectivity index (χ1v) is 14.1. The third kappa shape index (κ3) is 5.75. The average Bonchev–Trinajstić information content (AvgIpc) is 3.35. The maximum Gasteiger partial charge on any atom is 0.304 e. The Bertz CT molecular complexity index is 1440. The second kappa shape index (κ2) is 11.8. The number of carbonyl (C=O) groups excluding carboxylic acids is 2. The Morgan fingerprint density at radius 3 is 2.67 bits per heavy atom. The lowest BCUT2D eigenvalue weighted by atomic mass is 9.86. The van der Waals surface area contributed by atoms with E-state index in [0.29, 0.717) is 43.9 Å². The molecule has 2 aromatic heterocycles. The third-order valence-electron chi connectivity index (χ3n) is 7.66. The normalized spacial score (nSPS) is 16.5. The van der Waals surface area contributed by atoms with Crippen molar-refractivity contribution in [3.05, 3.63) is 47.2 Å². The van der Waals surface area contributed by atoms with E-state index in [-0.39, 0.29) is 35.0 Å². The van der Waals surface area contributed by atoms with Crippen LogP contribution < -0.4 is 9.80 Å². The summed E-state index contributed by atoms with van der Waals surface area (Å²) in [4.78, 5) is 48.9. The van der Waals surface area contributed by atoms with Crippen molar-refractivity contribution in [1.82, 2.24) is 9.97 Å². The van der Waals surface area contributed by atoms with Crippen LogP contribution in [-0.2, 0) is 25.5 Å². The summed E-state index contributed by atoms with van der Waals surface area (Å²) in [5.41, 5.74) is 3.10. The number of rotatable bonds is 8. The lowest BCUT2D eigenvalue weighted by Crippen LogP contribution is -2.35. The van der Waals surface area contributed by atoms with Crippen LogP contribution in [0, 0.1) is 17.0 Å². The van der Waals surface area contributed by atoms with Gasteiger partial charge in [0.25, 0.3) is 0 Å². The molecule has 210 valence electrons. The highest BCUT2D eigenvalue weighted by atomic mass is 32.1. The molecular formula is C29H31FN4O5S. The highest BCUT2D eigenvalue weighted by Gasteiger charge is 2.31. The minimum Gasteiger partial charge on any atom is -0.481 e. The number of benzene rings is 1. The number of halogens is 1. The Morgan fingerprint density at radius 1 is 1.23 bits per heavy atom. The third-order valence-corrected chi connectivity index (χ3v) is 8.58. The van der Waals surface area contributed by atoms with Gasteiger partial charge in [-0.3, -0.25) is 24.2 Å². The number of amides is 2. The Labute approximate surface area is 235 Å². The number of hydrogen-bond acceptors (Lipinski definition) is 7. The SMILES string of the molecule is CN(C(=O)C(CC(=O)O)CC1CCOCC1)c1nc(-c2ccccc2-c2cnc3c(c2)CCC(=O)N3C)c(F)s1. The fraction of sp³-hybridized carbons (Fsp3) is 0.414. The van der Waals surface area contributed by atoms with E-state index in [1.54, 1.807) is 30.3 Å². The monoisotopic (exact) mass is 566 g/mol. The van der Waals surface area contributed by atoms with Gasteiger partial charge in [-0.1, -0.05) is 35.6 Å². The second-order valence-electron chi connectivity index (χ2n) is 10.3. The molecule has 40 heavy (non-hydrogen) atoms. The van der Waals surface area contributed by atoms with Gasteiger partial charge in [-0.25, -0.2) is 9.97 Å². The average molecular weight is 567 g/mol. The molecular weight excluding hydrogens is 535 g/mol. The zero-order chi connectivity index (χ0) is 28.4. The summed E-state index contributed by atoms with van der Waals surface area (Å²) < 4.78 is 20.8. The van der Waals surface area contributed by atoms with Crippen molar-refractivity contribution < 1.29 is 28.6 Å². The quantitative estimate of drug-likeness (QED) is 0.417. The van der Waals surface area contributed by atoms with Crippen molar-refractivity contribution in [1.29, 1.82) is 0 Å². The number of ether oxygens (including phenoxy) is 1. The van der Waals surface area contributed by atoms with Crippen molar-refractivity contribution in [2.45, 2.75) is 38.5 Å². The number of hydrogen-bond donors (Lipinski definition) is 1. The summed E-state index contributed by atoms with van der Waals surface area (Å²) in [6.45, 7) is 1.20. The van der Waals surface area contributed by atoms with Gasteiger partial charge in [0.2, 0.25) is 16.9 Å². The van der Waals surface area contributed by atoms with E-state index in [9.17, 15) is 19.5 Å². The molecule has 1 saturated heterocycles. The number of anilines is 2. The Morgan fingerprint density at radius 2 is 1.95 bits per heavy atom. The number of carbonyl (C=O) groups is 3. The lowest BCUT2D eigenvalue weighted by Gasteiger charge is -2.27. The van der Waals surface area contributed by atoms with Gasteiger partial charge in [0, 0.05) is 57.0 Å². The maximum absolute atomic E-state index is 15.4. The molecule has 0 aliphatic carbocycles. The molecule has 5 rings (SSSR count). The summed E-state index contributed by atoms with van der Waals surface area (Å²) in [5, 5.41) is 9.08. The molecule has 1 fully saturated rings. The second-order valence-corrected chi connectivity index (χ2v) is 11.2. The number of nitrogens with zero attached hydrogens (tertiary/aromatic N) is 4. The first kappa shape index (κ1) is 27.9. The molecule has 0 saturated carbocycles. The Balaban J connectivity index is 1.42. The van der Waals surface area contributed by atoms with Crippen LogP contribution in [0.25, 0.3) is 22.4 Å². The molecule has 1 unspecified atom stereocenters. The van der Waals surface area contributed by atoms with Crippen LogP contribution >= 0.6 is 11.3 Å². The van der Waals surface area contributed by atoms with Gasteiger partial charge < -0.3 is 9.84 Å². The maximum atomic E-state index is 15.4. The molecule has 2 aliphatic heterocycles. The van der Waals surface area contributed by atoms with E-state index in [1.165, 1.54) is 11.9 Å². The number of pyridine rings is 1. The van der Waals surface area contributed by atoms with Gasteiger partial charge >= 0.3 is 5.97 Å². The summed E-state index contributed by atoms with van der Waals surface area (Å²) in [7, 11) is 3.22. The molecule has 2 aliphatic rings. The number of carboxylic acid groups (broad SMARTS) is 1. The van der Waals surface area contributed by atoms with Gasteiger partial charge in [0.05, 0.1) is 6.42 Å². The molecule has 0 bridgehead atoms. The minimum absolute atomic E-state index is 0.0160. The standard InChI is InChI=1S/C29H31FN4O5S/c1-33-23(35)8-7-18-14-20(16-31-27(18)33)21-5-3-4-6-22(21)25-26(30)40-29(32-25)34(2)28(38)19(15-24(36)37)13-17-9-11-39-12-10-17/h3-6,14,16-17,19H,7-13,15H2,1-2H3,(H,36,37). The molecule has 4 heterocycles. The zero-order valence-electron chi connectivity index (χ0n) is 22.4. The van der Waals surface area contributed by atoms with Gasteiger partial charge in [-0.2, -0.15) is 4.39 Å². The molecule has 0 spiro atoms. The first-order chi connectivity index (χ1) is 19.2. The van der Waals surface area contributed by atoms with Crippen molar-refractivity contribution >= 4 is 40.1 Å². The number of thiazole rings is 1. The van der Waals surface area contributed by atoms with Crippen LogP contribution in [0.4, 0.5) is 15.3 Å². The van der Waals surface area contributed by atoms with Crippen LogP contribution in [0.1, 0.15) is 37.7 Å². The molecule has 1 atom stereocenters. The summed E-state index contributed by atoms with van der Waals surface area (Å²) in [6, 6.07) is 9.24.